The fourth-order valence-corrected chi connectivity index (χ4v) is 4.51. The number of sulfone groups is 1. The van der Waals surface area contributed by atoms with Crippen molar-refractivity contribution in [3.63, 3.8) is 0 Å². The molecule has 2 rings (SSSR count). The van der Waals surface area contributed by atoms with E-state index in [1.54, 1.807) is 4.90 Å². The summed E-state index contributed by atoms with van der Waals surface area (Å²) in [4.78, 5) is 13.1. The van der Waals surface area contributed by atoms with Gasteiger partial charge in [-0.3, -0.25) is 9.69 Å². The van der Waals surface area contributed by atoms with Gasteiger partial charge in [-0.2, -0.15) is 0 Å². The number of methoxy groups -OCH3 is 1. The number of β-amino-alcohol motifs (C(OH)–C–C–N with tert-alkyl or cyclic N) is 1. The maximum atomic E-state index is 11.6. The standard InChI is InChI=1S/C10H17NO6S/c1-17-10(14)7-2-6(12)3-11(7)8-4-18(15,16)5-9(8)13/h6-9,12-13H,2-5H2,1H3. The monoisotopic (exact) mass is 279 g/mol. The Morgan fingerprint density at radius 3 is 2.50 bits per heavy atom. The fraction of sp³-hybridized carbons (Fsp3) is 0.900. The first-order valence-electron chi connectivity index (χ1n) is 5.74. The number of hydrogen-bond donors (Lipinski definition) is 2. The normalized spacial score (nSPS) is 39.9. The van der Waals surface area contributed by atoms with Gasteiger partial charge < -0.3 is 14.9 Å². The molecule has 7 nitrogen and oxygen atoms in total. The third-order valence-corrected chi connectivity index (χ3v) is 5.21. The fourth-order valence-electron chi connectivity index (χ4n) is 2.70. The Labute approximate surface area is 105 Å². The lowest BCUT2D eigenvalue weighted by Gasteiger charge is -2.29. The van der Waals surface area contributed by atoms with Crippen molar-refractivity contribution in [1.82, 2.24) is 4.90 Å². The molecule has 0 amide bonds. The van der Waals surface area contributed by atoms with E-state index < -0.39 is 40.1 Å². The minimum atomic E-state index is -3.28. The quantitative estimate of drug-likeness (QED) is 0.550. The number of aliphatic hydroxyl groups is 2. The van der Waals surface area contributed by atoms with Gasteiger partial charge in [0.15, 0.2) is 9.84 Å². The molecule has 0 aliphatic carbocycles. The van der Waals surface area contributed by atoms with Crippen LogP contribution in [0.3, 0.4) is 0 Å². The van der Waals surface area contributed by atoms with E-state index in [0.717, 1.165) is 0 Å². The average molecular weight is 279 g/mol. The molecule has 0 saturated carbocycles. The highest BCUT2D eigenvalue weighted by atomic mass is 32.2. The van der Waals surface area contributed by atoms with Crippen molar-refractivity contribution in [1.29, 1.82) is 0 Å². The summed E-state index contributed by atoms with van der Waals surface area (Å²) in [5, 5.41) is 19.4. The number of likely N-dealkylation sites (tertiary alicyclic amines) is 1. The third-order valence-electron chi connectivity index (χ3n) is 3.51. The van der Waals surface area contributed by atoms with Gasteiger partial charge in [0.1, 0.15) is 6.04 Å². The molecular formula is C10H17NO6S. The van der Waals surface area contributed by atoms with Crippen LogP contribution in [0.2, 0.25) is 0 Å². The maximum Gasteiger partial charge on any atom is 0.323 e. The smallest absolute Gasteiger partial charge is 0.323 e. The van der Waals surface area contributed by atoms with E-state index in [1.165, 1.54) is 7.11 Å². The molecule has 2 N–H and O–H groups in total. The molecule has 2 fully saturated rings. The van der Waals surface area contributed by atoms with Gasteiger partial charge in [-0.05, 0) is 0 Å². The van der Waals surface area contributed by atoms with E-state index in [9.17, 15) is 23.4 Å². The molecule has 2 aliphatic rings. The molecule has 2 heterocycles. The lowest BCUT2D eigenvalue weighted by Crippen LogP contribution is -2.49. The Hall–Kier alpha value is -0.700. The minimum Gasteiger partial charge on any atom is -0.468 e. The van der Waals surface area contributed by atoms with E-state index in [1.807, 2.05) is 0 Å². The Morgan fingerprint density at radius 1 is 1.33 bits per heavy atom. The number of nitrogens with zero attached hydrogens (tertiary/aromatic N) is 1. The second-order valence-electron chi connectivity index (χ2n) is 4.84. The summed E-state index contributed by atoms with van der Waals surface area (Å²) in [5.74, 6) is -0.991. The largest absolute Gasteiger partial charge is 0.468 e. The topological polar surface area (TPSA) is 104 Å². The summed E-state index contributed by atoms with van der Waals surface area (Å²) in [7, 11) is -2.04. The van der Waals surface area contributed by atoms with Gasteiger partial charge in [-0.15, -0.1) is 0 Å². The van der Waals surface area contributed by atoms with E-state index in [4.69, 9.17) is 0 Å². The van der Waals surface area contributed by atoms with Crippen LogP contribution in [-0.2, 0) is 19.4 Å². The molecule has 0 aromatic heterocycles. The molecule has 0 aromatic rings. The second-order valence-corrected chi connectivity index (χ2v) is 6.99. The van der Waals surface area contributed by atoms with Crippen molar-refractivity contribution in [2.45, 2.75) is 30.7 Å². The summed E-state index contributed by atoms with van der Waals surface area (Å²) >= 11 is 0. The number of ether oxygens (including phenoxy) is 1. The number of rotatable bonds is 2. The second kappa shape index (κ2) is 4.76. The lowest BCUT2D eigenvalue weighted by atomic mass is 10.1. The summed E-state index contributed by atoms with van der Waals surface area (Å²) in [6, 6.07) is -1.32. The first-order chi connectivity index (χ1) is 8.34. The molecule has 104 valence electrons. The Morgan fingerprint density at radius 2 is 2.00 bits per heavy atom. The highest BCUT2D eigenvalue weighted by molar-refractivity contribution is 7.91. The summed E-state index contributed by atoms with van der Waals surface area (Å²) < 4.78 is 27.6. The molecule has 0 bridgehead atoms. The van der Waals surface area contributed by atoms with Crippen LogP contribution in [0.5, 0.6) is 0 Å². The Balaban J connectivity index is 2.18. The molecule has 4 unspecified atom stereocenters. The van der Waals surface area contributed by atoms with Gasteiger partial charge in [-0.25, -0.2) is 8.42 Å². The van der Waals surface area contributed by atoms with Gasteiger partial charge in [-0.1, -0.05) is 0 Å². The van der Waals surface area contributed by atoms with Crippen LogP contribution in [0, 0.1) is 0 Å². The van der Waals surface area contributed by atoms with Crippen molar-refractivity contribution in [2.75, 3.05) is 25.2 Å². The zero-order chi connectivity index (χ0) is 13.5. The zero-order valence-corrected chi connectivity index (χ0v) is 10.8. The van der Waals surface area contributed by atoms with Gasteiger partial charge in [0.25, 0.3) is 0 Å². The number of hydrogen-bond acceptors (Lipinski definition) is 7. The van der Waals surface area contributed by atoms with Crippen LogP contribution in [0.1, 0.15) is 6.42 Å². The first kappa shape index (κ1) is 13.7. The third kappa shape index (κ3) is 2.51. The molecule has 2 aliphatic heterocycles. The van der Waals surface area contributed by atoms with Crippen molar-refractivity contribution in [3.05, 3.63) is 0 Å². The zero-order valence-electron chi connectivity index (χ0n) is 10.0. The molecule has 2 saturated heterocycles. The van der Waals surface area contributed by atoms with Crippen molar-refractivity contribution < 1.29 is 28.2 Å². The summed E-state index contributed by atoms with van der Waals surface area (Å²) in [6.07, 6.45) is -1.52. The molecular weight excluding hydrogens is 262 g/mol. The van der Waals surface area contributed by atoms with Crippen LogP contribution >= 0.6 is 0 Å². The van der Waals surface area contributed by atoms with E-state index in [2.05, 4.69) is 4.74 Å². The van der Waals surface area contributed by atoms with Crippen LogP contribution in [0.25, 0.3) is 0 Å². The maximum absolute atomic E-state index is 11.6. The van der Waals surface area contributed by atoms with E-state index >= 15 is 0 Å². The Bertz CT molecular complexity index is 436. The van der Waals surface area contributed by atoms with Gasteiger partial charge in [0.05, 0.1) is 36.9 Å². The summed E-state index contributed by atoms with van der Waals surface area (Å²) in [5.41, 5.74) is 0. The number of carbonyl (C=O) groups excluding carboxylic acids is 1. The van der Waals surface area contributed by atoms with Gasteiger partial charge >= 0.3 is 5.97 Å². The van der Waals surface area contributed by atoms with Crippen LogP contribution in [-0.4, -0.2) is 79.0 Å². The first-order valence-corrected chi connectivity index (χ1v) is 7.56. The molecule has 18 heavy (non-hydrogen) atoms. The minimum absolute atomic E-state index is 0.178. The Kier molecular flexibility index (Phi) is 3.63. The molecule has 0 aromatic carbocycles. The van der Waals surface area contributed by atoms with Crippen LogP contribution in [0.15, 0.2) is 0 Å². The predicted octanol–water partition coefficient (Wildman–Crippen LogP) is -2.25. The predicted molar refractivity (Wildman–Crippen MR) is 61.6 cm³/mol. The van der Waals surface area contributed by atoms with Gasteiger partial charge in [0.2, 0.25) is 0 Å². The average Bonchev–Trinajstić information content (AvgIpc) is 2.77. The van der Waals surface area contributed by atoms with Crippen LogP contribution < -0.4 is 0 Å². The van der Waals surface area contributed by atoms with E-state index in [-0.39, 0.29) is 24.5 Å². The van der Waals surface area contributed by atoms with Crippen molar-refractivity contribution in [2.24, 2.45) is 0 Å². The molecule has 0 spiro atoms. The molecule has 8 heteroatoms. The van der Waals surface area contributed by atoms with Gasteiger partial charge in [0, 0.05) is 13.0 Å². The number of carbonyl (C=O) groups is 1. The van der Waals surface area contributed by atoms with Crippen LogP contribution in [0.4, 0.5) is 0 Å². The SMILES string of the molecule is COC(=O)C1CC(O)CN1C1CS(=O)(=O)CC1O. The molecule has 0 radical (unpaired) electrons. The number of aliphatic hydroxyl groups excluding tert-OH is 2. The lowest BCUT2D eigenvalue weighted by molar-refractivity contribution is -0.147. The van der Waals surface area contributed by atoms with E-state index in [0.29, 0.717) is 0 Å². The summed E-state index contributed by atoms with van der Waals surface area (Å²) in [6.45, 7) is 0.178. The molecule has 4 atom stereocenters. The highest BCUT2D eigenvalue weighted by Gasteiger charge is 2.47. The van der Waals surface area contributed by atoms with Crippen molar-refractivity contribution >= 4 is 15.8 Å². The highest BCUT2D eigenvalue weighted by Crippen LogP contribution is 2.27. The number of esters is 1. The van der Waals surface area contributed by atoms with Crippen molar-refractivity contribution in [3.8, 4) is 0 Å².